The summed E-state index contributed by atoms with van der Waals surface area (Å²) in [6.45, 7) is 2.71. The minimum atomic E-state index is -1.39. The largest absolute Gasteiger partial charge is 0.493 e. The van der Waals surface area contributed by atoms with Crippen LogP contribution in [-0.4, -0.2) is 20.7 Å². The number of aryl methyl sites for hydroxylation is 1. The maximum atomic E-state index is 12.2. The fraction of sp³-hybridized carbons (Fsp3) is 0.250. The zero-order valence-corrected chi connectivity index (χ0v) is 16.4. The van der Waals surface area contributed by atoms with E-state index in [1.165, 1.54) is 0 Å². The molecule has 0 radical (unpaired) electrons. The molecular formula is C20H20BrN3O3. The summed E-state index contributed by atoms with van der Waals surface area (Å²) in [5.41, 5.74) is 1.48. The van der Waals surface area contributed by atoms with Gasteiger partial charge in [0.15, 0.2) is 11.8 Å². The Morgan fingerprint density at radius 2 is 1.96 bits per heavy atom. The highest BCUT2D eigenvalue weighted by atomic mass is 79.9. The lowest BCUT2D eigenvalue weighted by Gasteiger charge is -2.05. The van der Waals surface area contributed by atoms with Crippen molar-refractivity contribution in [3.63, 3.8) is 0 Å². The molecule has 0 saturated carbocycles. The summed E-state index contributed by atoms with van der Waals surface area (Å²) in [5.74, 6) is -0.827. The SMILES string of the molecule is CCCCn1c(O)c(N=NC(=O)C(O)c2ccccc2)c2cc(Br)ccc21. The molecule has 1 unspecified atom stereocenters. The topological polar surface area (TPSA) is 87.2 Å². The molecule has 0 spiro atoms. The number of fused-ring (bicyclic) bond motifs is 1. The monoisotopic (exact) mass is 429 g/mol. The second kappa shape index (κ2) is 8.45. The molecule has 7 heteroatoms. The van der Waals surface area contributed by atoms with Crippen LogP contribution < -0.4 is 0 Å². The van der Waals surface area contributed by atoms with E-state index in [0.717, 1.165) is 22.8 Å². The lowest BCUT2D eigenvalue weighted by Crippen LogP contribution is -2.08. The molecule has 2 aromatic carbocycles. The van der Waals surface area contributed by atoms with E-state index >= 15 is 0 Å². The highest BCUT2D eigenvalue weighted by Crippen LogP contribution is 2.40. The van der Waals surface area contributed by atoms with Crippen LogP contribution in [0, 0.1) is 0 Å². The highest BCUT2D eigenvalue weighted by molar-refractivity contribution is 9.10. The Morgan fingerprint density at radius 3 is 2.67 bits per heavy atom. The van der Waals surface area contributed by atoms with Gasteiger partial charge in [0.25, 0.3) is 5.91 Å². The third kappa shape index (κ3) is 4.09. The average Bonchev–Trinajstić information content (AvgIpc) is 2.94. The maximum absolute atomic E-state index is 12.2. The average molecular weight is 430 g/mol. The first kappa shape index (κ1) is 19.3. The minimum absolute atomic E-state index is 0.0395. The number of aromatic hydroxyl groups is 1. The first-order valence-electron chi connectivity index (χ1n) is 8.72. The molecule has 3 aromatic rings. The number of azo groups is 1. The van der Waals surface area contributed by atoms with Crippen LogP contribution in [0.3, 0.4) is 0 Å². The van der Waals surface area contributed by atoms with Gasteiger partial charge < -0.3 is 14.8 Å². The number of nitrogens with zero attached hydrogens (tertiary/aromatic N) is 3. The zero-order valence-electron chi connectivity index (χ0n) is 14.8. The van der Waals surface area contributed by atoms with Crippen LogP contribution in [0.25, 0.3) is 10.9 Å². The molecule has 0 bridgehead atoms. The first-order chi connectivity index (χ1) is 13.0. The van der Waals surface area contributed by atoms with Crippen molar-refractivity contribution in [3.05, 3.63) is 58.6 Å². The Kier molecular flexibility index (Phi) is 6.03. The van der Waals surface area contributed by atoms with Gasteiger partial charge in [-0.2, -0.15) is 0 Å². The Hall–Kier alpha value is -2.51. The van der Waals surface area contributed by atoms with Gasteiger partial charge in [-0.3, -0.25) is 4.79 Å². The van der Waals surface area contributed by atoms with Crippen molar-refractivity contribution in [2.75, 3.05) is 0 Å². The predicted octanol–water partition coefficient (Wildman–Crippen LogP) is 5.25. The van der Waals surface area contributed by atoms with Crippen molar-refractivity contribution >= 4 is 38.4 Å². The Morgan fingerprint density at radius 1 is 1.22 bits per heavy atom. The third-order valence-electron chi connectivity index (χ3n) is 4.31. The van der Waals surface area contributed by atoms with Gasteiger partial charge in [0, 0.05) is 16.4 Å². The molecule has 1 atom stereocenters. The fourth-order valence-electron chi connectivity index (χ4n) is 2.87. The number of hydrogen-bond acceptors (Lipinski definition) is 4. The fourth-order valence-corrected chi connectivity index (χ4v) is 3.23. The standard InChI is InChI=1S/C20H20BrN3O3/c1-2-3-11-24-16-10-9-14(21)12-15(16)17(20(24)27)22-23-19(26)18(25)13-7-5-4-6-8-13/h4-10,12,18,25,27H,2-3,11H2,1H3. The van der Waals surface area contributed by atoms with Gasteiger partial charge in [-0.1, -0.05) is 59.6 Å². The van der Waals surface area contributed by atoms with Crippen LogP contribution in [0.2, 0.25) is 0 Å². The van der Waals surface area contributed by atoms with E-state index in [9.17, 15) is 15.0 Å². The molecule has 1 heterocycles. The van der Waals surface area contributed by atoms with E-state index in [0.29, 0.717) is 17.5 Å². The molecule has 1 aromatic heterocycles. The Balaban J connectivity index is 1.96. The van der Waals surface area contributed by atoms with Crippen LogP contribution in [0.1, 0.15) is 31.4 Å². The molecule has 2 N–H and O–H groups in total. The number of hydrogen-bond donors (Lipinski definition) is 2. The van der Waals surface area contributed by atoms with Crippen molar-refractivity contribution in [1.82, 2.24) is 4.57 Å². The van der Waals surface area contributed by atoms with Gasteiger partial charge >= 0.3 is 0 Å². The molecule has 1 amide bonds. The molecular weight excluding hydrogens is 410 g/mol. The molecule has 140 valence electrons. The number of aromatic nitrogens is 1. The van der Waals surface area contributed by atoms with Crippen LogP contribution in [-0.2, 0) is 11.3 Å². The summed E-state index contributed by atoms with van der Waals surface area (Å²) >= 11 is 3.42. The summed E-state index contributed by atoms with van der Waals surface area (Å²) in [5, 5.41) is 29.1. The first-order valence-corrected chi connectivity index (χ1v) is 9.51. The van der Waals surface area contributed by atoms with Gasteiger partial charge in [0.05, 0.1) is 5.52 Å². The molecule has 0 saturated heterocycles. The number of rotatable bonds is 6. The second-order valence-corrected chi connectivity index (χ2v) is 7.11. The lowest BCUT2D eigenvalue weighted by molar-refractivity contribution is -0.126. The Labute approximate surface area is 165 Å². The Bertz CT molecular complexity index is 983. The van der Waals surface area contributed by atoms with Gasteiger partial charge in [-0.25, -0.2) is 0 Å². The lowest BCUT2D eigenvalue weighted by atomic mass is 10.1. The van der Waals surface area contributed by atoms with Crippen LogP contribution in [0.4, 0.5) is 5.69 Å². The summed E-state index contributed by atoms with van der Waals surface area (Å²) in [6, 6.07) is 14.1. The summed E-state index contributed by atoms with van der Waals surface area (Å²) in [6.07, 6.45) is 0.487. The number of carbonyl (C=O) groups excluding carboxylic acids is 1. The third-order valence-corrected chi connectivity index (χ3v) is 4.80. The van der Waals surface area contributed by atoms with Crippen LogP contribution in [0.15, 0.2) is 63.2 Å². The van der Waals surface area contributed by atoms with Crippen molar-refractivity contribution in [2.45, 2.75) is 32.4 Å². The number of aliphatic hydroxyl groups is 1. The van der Waals surface area contributed by atoms with Crippen molar-refractivity contribution < 1.29 is 15.0 Å². The molecule has 0 fully saturated rings. The maximum Gasteiger partial charge on any atom is 0.297 e. The minimum Gasteiger partial charge on any atom is -0.493 e. The molecule has 27 heavy (non-hydrogen) atoms. The number of amides is 1. The van der Waals surface area contributed by atoms with Gasteiger partial charge in [-0.15, -0.1) is 10.2 Å². The van der Waals surface area contributed by atoms with Gasteiger partial charge in [0.1, 0.15) is 0 Å². The smallest absolute Gasteiger partial charge is 0.297 e. The number of carbonyl (C=O) groups is 1. The van der Waals surface area contributed by atoms with E-state index in [2.05, 4.69) is 33.1 Å². The van der Waals surface area contributed by atoms with Crippen LogP contribution in [0.5, 0.6) is 5.88 Å². The molecule has 0 aliphatic heterocycles. The number of aliphatic hydroxyl groups excluding tert-OH is 1. The molecule has 6 nitrogen and oxygen atoms in total. The number of benzene rings is 2. The van der Waals surface area contributed by atoms with Gasteiger partial charge in [-0.05, 0) is 30.2 Å². The summed E-state index contributed by atoms with van der Waals surface area (Å²) in [4.78, 5) is 12.2. The normalized spacial score (nSPS) is 12.7. The van der Waals surface area contributed by atoms with Crippen LogP contribution >= 0.6 is 15.9 Å². The highest BCUT2D eigenvalue weighted by Gasteiger charge is 2.20. The molecule has 0 aliphatic carbocycles. The van der Waals surface area contributed by atoms with E-state index in [-0.39, 0.29) is 11.6 Å². The van der Waals surface area contributed by atoms with E-state index in [4.69, 9.17) is 0 Å². The van der Waals surface area contributed by atoms with E-state index in [1.807, 2.05) is 18.2 Å². The van der Waals surface area contributed by atoms with Gasteiger partial charge in [0.2, 0.25) is 5.88 Å². The van der Waals surface area contributed by atoms with E-state index in [1.54, 1.807) is 34.9 Å². The molecule has 0 aliphatic rings. The number of halogens is 1. The van der Waals surface area contributed by atoms with E-state index < -0.39 is 12.0 Å². The summed E-state index contributed by atoms with van der Waals surface area (Å²) in [7, 11) is 0. The predicted molar refractivity (Wildman–Crippen MR) is 107 cm³/mol. The van der Waals surface area contributed by atoms with Crippen molar-refractivity contribution in [3.8, 4) is 5.88 Å². The summed E-state index contributed by atoms with van der Waals surface area (Å²) < 4.78 is 2.59. The number of unbranched alkanes of at least 4 members (excludes halogenated alkanes) is 1. The zero-order chi connectivity index (χ0) is 19.4. The van der Waals surface area contributed by atoms with Crippen molar-refractivity contribution in [1.29, 1.82) is 0 Å². The van der Waals surface area contributed by atoms with Crippen molar-refractivity contribution in [2.24, 2.45) is 10.2 Å². The quantitative estimate of drug-likeness (QED) is 0.524. The second-order valence-electron chi connectivity index (χ2n) is 6.19. The molecule has 3 rings (SSSR count).